The van der Waals surface area contributed by atoms with Crippen LogP contribution < -0.4 is 5.56 Å². The molecule has 1 heterocycles. The van der Waals surface area contributed by atoms with Crippen LogP contribution in [0.1, 0.15) is 22.5 Å². The summed E-state index contributed by atoms with van der Waals surface area (Å²) < 4.78 is 1.64. The van der Waals surface area contributed by atoms with Crippen molar-refractivity contribution in [3.8, 4) is 0 Å². The van der Waals surface area contributed by atoms with E-state index in [1.807, 2.05) is 66.9 Å². The molecule has 1 aromatic heterocycles. The first-order valence-corrected chi connectivity index (χ1v) is 9.28. The van der Waals surface area contributed by atoms with Crippen LogP contribution in [0, 0.1) is 0 Å². The third kappa shape index (κ3) is 3.76. The lowest BCUT2D eigenvalue weighted by atomic mass is 10.0. The predicted molar refractivity (Wildman–Crippen MR) is 114 cm³/mol. The molecule has 0 bridgehead atoms. The minimum Gasteiger partial charge on any atom is -0.299 e. The lowest BCUT2D eigenvalue weighted by molar-refractivity contribution is 0.763. The highest BCUT2D eigenvalue weighted by atomic mass is 16.1. The molecule has 4 rings (SSSR count). The zero-order valence-corrected chi connectivity index (χ0v) is 15.7. The summed E-state index contributed by atoms with van der Waals surface area (Å²) in [6.07, 6.45) is 2.48. The SMILES string of the molecule is Cn1c(Cc2ccccc2C=NCc2ccccc2)nc2ccccc2c1=O. The van der Waals surface area contributed by atoms with E-state index in [1.165, 1.54) is 5.56 Å². The van der Waals surface area contributed by atoms with Gasteiger partial charge in [-0.3, -0.25) is 14.4 Å². The van der Waals surface area contributed by atoms with Gasteiger partial charge in [0.2, 0.25) is 0 Å². The van der Waals surface area contributed by atoms with Crippen LogP contribution in [0.25, 0.3) is 10.9 Å². The Hall–Kier alpha value is -3.53. The minimum absolute atomic E-state index is 0.0178. The molecule has 4 heteroatoms. The van der Waals surface area contributed by atoms with Gasteiger partial charge in [-0.1, -0.05) is 66.7 Å². The maximum absolute atomic E-state index is 12.6. The van der Waals surface area contributed by atoms with Crippen molar-refractivity contribution in [2.45, 2.75) is 13.0 Å². The van der Waals surface area contributed by atoms with E-state index in [-0.39, 0.29) is 5.56 Å². The van der Waals surface area contributed by atoms with Crippen LogP contribution in [0.2, 0.25) is 0 Å². The van der Waals surface area contributed by atoms with Crippen molar-refractivity contribution in [3.05, 3.63) is 112 Å². The van der Waals surface area contributed by atoms with Crippen molar-refractivity contribution in [3.63, 3.8) is 0 Å². The van der Waals surface area contributed by atoms with E-state index in [2.05, 4.69) is 23.2 Å². The number of rotatable bonds is 5. The molecule has 0 saturated carbocycles. The summed E-state index contributed by atoms with van der Waals surface area (Å²) in [5.74, 6) is 0.743. The molecule has 0 radical (unpaired) electrons. The third-order valence-corrected chi connectivity index (χ3v) is 4.83. The molecule has 0 atom stereocenters. The van der Waals surface area contributed by atoms with Crippen molar-refractivity contribution < 1.29 is 0 Å². The van der Waals surface area contributed by atoms with Gasteiger partial charge in [-0.15, -0.1) is 0 Å². The van der Waals surface area contributed by atoms with Crippen LogP contribution in [0.5, 0.6) is 0 Å². The van der Waals surface area contributed by atoms with Gasteiger partial charge in [-0.05, 0) is 28.8 Å². The highest BCUT2D eigenvalue weighted by Gasteiger charge is 2.10. The van der Waals surface area contributed by atoms with E-state index in [0.717, 1.165) is 22.5 Å². The van der Waals surface area contributed by atoms with Gasteiger partial charge in [-0.25, -0.2) is 4.98 Å². The predicted octanol–water partition coefficient (Wildman–Crippen LogP) is 4.14. The van der Waals surface area contributed by atoms with Gasteiger partial charge < -0.3 is 0 Å². The second-order valence-corrected chi connectivity index (χ2v) is 6.74. The first-order chi connectivity index (χ1) is 13.7. The van der Waals surface area contributed by atoms with Gasteiger partial charge in [0.1, 0.15) is 5.82 Å². The monoisotopic (exact) mass is 367 g/mol. The largest absolute Gasteiger partial charge is 0.299 e. The van der Waals surface area contributed by atoms with Gasteiger partial charge in [-0.2, -0.15) is 0 Å². The topological polar surface area (TPSA) is 47.2 Å². The zero-order valence-electron chi connectivity index (χ0n) is 15.7. The average molecular weight is 367 g/mol. The minimum atomic E-state index is -0.0178. The fraction of sp³-hybridized carbons (Fsp3) is 0.125. The number of para-hydroxylation sites is 1. The first-order valence-electron chi connectivity index (χ1n) is 9.28. The van der Waals surface area contributed by atoms with E-state index in [4.69, 9.17) is 4.98 Å². The zero-order chi connectivity index (χ0) is 19.3. The van der Waals surface area contributed by atoms with E-state index < -0.39 is 0 Å². The second-order valence-electron chi connectivity index (χ2n) is 6.74. The molecule has 4 aromatic rings. The first kappa shape index (κ1) is 17.9. The highest BCUT2D eigenvalue weighted by Crippen LogP contribution is 2.14. The van der Waals surface area contributed by atoms with E-state index >= 15 is 0 Å². The van der Waals surface area contributed by atoms with Crippen molar-refractivity contribution >= 4 is 17.1 Å². The van der Waals surface area contributed by atoms with Gasteiger partial charge >= 0.3 is 0 Å². The van der Waals surface area contributed by atoms with E-state index in [9.17, 15) is 4.79 Å². The Kier molecular flexibility index (Phi) is 5.11. The van der Waals surface area contributed by atoms with Crippen molar-refractivity contribution in [1.29, 1.82) is 0 Å². The molecular formula is C24H21N3O. The summed E-state index contributed by atoms with van der Waals surface area (Å²) in [7, 11) is 1.78. The van der Waals surface area contributed by atoms with Crippen LogP contribution in [0.15, 0.2) is 88.6 Å². The van der Waals surface area contributed by atoms with Gasteiger partial charge in [0.05, 0.1) is 17.4 Å². The Morgan fingerprint density at radius 1 is 0.929 bits per heavy atom. The number of nitrogens with zero attached hydrogens (tertiary/aromatic N) is 3. The van der Waals surface area contributed by atoms with Crippen molar-refractivity contribution in [2.24, 2.45) is 12.0 Å². The number of benzene rings is 3. The summed E-state index contributed by atoms with van der Waals surface area (Å²) in [5.41, 5.74) is 4.03. The maximum atomic E-state index is 12.6. The Morgan fingerprint density at radius 3 is 2.50 bits per heavy atom. The number of hydrogen-bond donors (Lipinski definition) is 0. The quantitative estimate of drug-likeness (QED) is 0.498. The van der Waals surface area contributed by atoms with E-state index in [0.29, 0.717) is 18.4 Å². The Labute approximate surface area is 163 Å². The normalized spacial score (nSPS) is 11.3. The summed E-state index contributed by atoms with van der Waals surface area (Å²) >= 11 is 0. The molecule has 0 aliphatic heterocycles. The van der Waals surface area contributed by atoms with Crippen molar-refractivity contribution in [1.82, 2.24) is 9.55 Å². The molecule has 138 valence electrons. The molecule has 0 N–H and O–H groups in total. The van der Waals surface area contributed by atoms with Crippen molar-refractivity contribution in [2.75, 3.05) is 0 Å². The molecule has 0 saturated heterocycles. The van der Waals surface area contributed by atoms with Crippen LogP contribution in [0.4, 0.5) is 0 Å². The highest BCUT2D eigenvalue weighted by molar-refractivity contribution is 5.82. The van der Waals surface area contributed by atoms with E-state index in [1.54, 1.807) is 11.6 Å². The molecule has 0 aliphatic rings. The van der Waals surface area contributed by atoms with Gasteiger partial charge in [0.15, 0.2) is 0 Å². The fourth-order valence-electron chi connectivity index (χ4n) is 3.25. The molecule has 4 nitrogen and oxygen atoms in total. The Morgan fingerprint density at radius 2 is 1.64 bits per heavy atom. The smallest absolute Gasteiger partial charge is 0.261 e. The molecule has 3 aromatic carbocycles. The molecule has 0 aliphatic carbocycles. The van der Waals surface area contributed by atoms with Crippen LogP contribution in [-0.4, -0.2) is 15.8 Å². The number of aliphatic imine (C=N–C) groups is 1. The molecule has 0 unspecified atom stereocenters. The molecule has 0 fully saturated rings. The molecular weight excluding hydrogens is 346 g/mol. The number of fused-ring (bicyclic) bond motifs is 1. The summed E-state index contributed by atoms with van der Waals surface area (Å²) in [4.78, 5) is 22.0. The second kappa shape index (κ2) is 8.01. The van der Waals surface area contributed by atoms with Crippen LogP contribution >= 0.6 is 0 Å². The summed E-state index contributed by atoms with van der Waals surface area (Å²) in [5, 5.41) is 0.645. The molecule has 0 amide bonds. The average Bonchev–Trinajstić information content (AvgIpc) is 2.74. The standard InChI is InChI=1S/C24H21N3O/c1-27-23(26-22-14-8-7-13-21(22)24(27)28)15-19-11-5-6-12-20(19)17-25-16-18-9-3-2-4-10-18/h2-14,17H,15-16H2,1H3. The summed E-state index contributed by atoms with van der Waals surface area (Å²) in [6.45, 7) is 0.641. The fourth-order valence-corrected chi connectivity index (χ4v) is 3.25. The van der Waals surface area contributed by atoms with Crippen LogP contribution in [-0.2, 0) is 20.0 Å². The molecule has 0 spiro atoms. The number of aromatic nitrogens is 2. The lowest BCUT2D eigenvalue weighted by Gasteiger charge is -2.11. The Balaban J connectivity index is 1.63. The van der Waals surface area contributed by atoms with Gasteiger partial charge in [0.25, 0.3) is 5.56 Å². The number of hydrogen-bond acceptors (Lipinski definition) is 3. The molecule has 28 heavy (non-hydrogen) atoms. The third-order valence-electron chi connectivity index (χ3n) is 4.83. The van der Waals surface area contributed by atoms with Gasteiger partial charge in [0, 0.05) is 19.7 Å². The maximum Gasteiger partial charge on any atom is 0.261 e. The van der Waals surface area contributed by atoms with Crippen LogP contribution in [0.3, 0.4) is 0 Å². The lowest BCUT2D eigenvalue weighted by Crippen LogP contribution is -2.22. The Bertz CT molecular complexity index is 1190. The summed E-state index contributed by atoms with van der Waals surface area (Å²) in [6, 6.07) is 25.8.